The van der Waals surface area contributed by atoms with Crippen molar-refractivity contribution in [3.8, 4) is 0 Å². The van der Waals surface area contributed by atoms with Gasteiger partial charge in [-0.25, -0.2) is 0 Å². The van der Waals surface area contributed by atoms with Crippen LogP contribution >= 0.6 is 0 Å². The van der Waals surface area contributed by atoms with Crippen LogP contribution < -0.4 is 0 Å². The predicted octanol–water partition coefficient (Wildman–Crippen LogP) is -0.142. The van der Waals surface area contributed by atoms with Crippen LogP contribution in [0.4, 0.5) is 0 Å². The van der Waals surface area contributed by atoms with E-state index < -0.39 is 0 Å². The van der Waals surface area contributed by atoms with Gasteiger partial charge in [-0.1, -0.05) is 0 Å². The van der Waals surface area contributed by atoms with Crippen molar-refractivity contribution >= 4 is 0 Å². The molecule has 0 aromatic rings. The van der Waals surface area contributed by atoms with Crippen LogP contribution in [0.3, 0.4) is 0 Å². The number of hydrogen-bond donors (Lipinski definition) is 0. The fraction of sp³-hybridized carbons (Fsp3) is 0. The third kappa shape index (κ3) is 2.97. The maximum absolute atomic E-state index is 4.03. The first-order valence-corrected chi connectivity index (χ1v) is 1.44. The average molecular weight is 139 g/mol. The molecule has 4 heteroatoms. The molecule has 0 amide bonds. The molecular weight excluding hydrogens is 139 g/mol. The molecule has 1 aliphatic heterocycles. The van der Waals surface area contributed by atoms with Gasteiger partial charge in [0.05, 0.1) is 0 Å². The zero-order valence-corrected chi connectivity index (χ0v) is 4.06. The molecule has 0 aromatic carbocycles. The van der Waals surface area contributed by atoms with Crippen molar-refractivity contribution in [1.29, 1.82) is 0 Å². The minimum absolute atomic E-state index is 0. The van der Waals surface area contributed by atoms with Crippen LogP contribution in [0.5, 0.6) is 0 Å². The van der Waals surface area contributed by atoms with Crippen molar-refractivity contribution in [2.45, 2.75) is 0 Å². The third-order valence-corrected chi connectivity index (χ3v) is 0.260. The molecule has 0 atom stereocenters. The van der Waals surface area contributed by atoms with E-state index in [2.05, 4.69) is 7.94 Å². The second-order valence-electron chi connectivity index (χ2n) is 0.189. The molecule has 1 heterocycles. The summed E-state index contributed by atoms with van der Waals surface area (Å²) in [5, 5.41) is 0. The van der Waals surface area contributed by atoms with Crippen molar-refractivity contribution in [2.24, 2.45) is 0 Å². The summed E-state index contributed by atoms with van der Waals surface area (Å²) in [5.41, 5.74) is 0. The molecule has 1 rings (SSSR count). The topological polar surface area (TPSA) is 25.1 Å². The Morgan fingerprint density at radius 3 is 1.50 bits per heavy atom. The van der Waals surface area contributed by atoms with Gasteiger partial charge in [0.2, 0.25) is 0 Å². The number of rotatable bonds is 0. The van der Waals surface area contributed by atoms with Gasteiger partial charge in [-0.05, 0) is 0 Å². The Kier molecular flexibility index (Phi) is 2.76. The summed E-state index contributed by atoms with van der Waals surface area (Å²) in [7, 11) is 0. The zero-order valence-electron chi connectivity index (χ0n) is 1.60. The van der Waals surface area contributed by atoms with E-state index in [0.717, 1.165) is 0 Å². The van der Waals surface area contributed by atoms with Crippen LogP contribution in [0.2, 0.25) is 0 Å². The average Bonchev–Trinajstić information content (AvgIpc) is 1.46. The van der Waals surface area contributed by atoms with Crippen LogP contribution in [0.1, 0.15) is 0 Å². The number of hydrogen-bond acceptors (Lipinski definition) is 2. The van der Waals surface area contributed by atoms with E-state index in [1.165, 1.54) is 0 Å². The summed E-state index contributed by atoms with van der Waals surface area (Å²) >= 11 is 0.312. The summed E-state index contributed by atoms with van der Waals surface area (Å²) in [6.07, 6.45) is 0. The van der Waals surface area contributed by atoms with E-state index in [4.69, 9.17) is 0 Å². The van der Waals surface area contributed by atoms with Gasteiger partial charge >= 0.3 is 23.6 Å². The van der Waals surface area contributed by atoms with Gasteiger partial charge in [0.15, 0.2) is 0 Å². The van der Waals surface area contributed by atoms with Gasteiger partial charge in [0.1, 0.15) is 0 Å². The molecular formula is CrMnO2. The van der Waals surface area contributed by atoms with Crippen molar-refractivity contribution < 1.29 is 40.9 Å². The van der Waals surface area contributed by atoms with Gasteiger partial charge in [0.25, 0.3) is 0 Å². The molecule has 0 N–H and O–H groups in total. The van der Waals surface area contributed by atoms with Crippen LogP contribution in [-0.4, -0.2) is 0 Å². The Labute approximate surface area is 41.3 Å². The minimum atomic E-state index is 0. The summed E-state index contributed by atoms with van der Waals surface area (Å²) in [4.78, 5) is 0. The van der Waals surface area contributed by atoms with Gasteiger partial charge < -0.3 is 0 Å². The van der Waals surface area contributed by atoms with Crippen LogP contribution in [0.15, 0.2) is 0 Å². The predicted molar refractivity (Wildman–Crippen MR) is 2.17 cm³/mol. The fourth-order valence-electron chi connectivity index (χ4n) is 0. The third-order valence-electron chi connectivity index (χ3n) is 0.0630. The van der Waals surface area contributed by atoms with Crippen LogP contribution in [-0.2, 0) is 40.9 Å². The molecule has 0 aromatic heterocycles. The second kappa shape index (κ2) is 2.22. The summed E-state index contributed by atoms with van der Waals surface area (Å²) in [5.74, 6) is 0. The molecule has 0 unspecified atom stereocenters. The molecule has 0 spiro atoms. The SMILES string of the molecule is [Cr].[O]1[O][Mn]1. The molecule has 2 nitrogen and oxygen atoms in total. The molecule has 4 heavy (non-hydrogen) atoms. The summed E-state index contributed by atoms with van der Waals surface area (Å²) in [6, 6.07) is 0. The second-order valence-corrected chi connectivity index (χ2v) is 0.779. The van der Waals surface area contributed by atoms with E-state index in [1.807, 2.05) is 0 Å². The van der Waals surface area contributed by atoms with E-state index in [-0.39, 0.29) is 17.4 Å². The van der Waals surface area contributed by atoms with Crippen molar-refractivity contribution in [3.05, 3.63) is 0 Å². The van der Waals surface area contributed by atoms with E-state index in [9.17, 15) is 0 Å². The first-order valence-electron chi connectivity index (χ1n) is 0.475. The normalized spacial score (nSPS) is 18.0. The molecule has 0 radical (unpaired) electrons. The molecule has 0 saturated carbocycles. The van der Waals surface area contributed by atoms with Gasteiger partial charge in [-0.3, -0.25) is 0 Å². The Balaban J connectivity index is 0.0000000900. The molecule has 0 bridgehead atoms. The Hall–Kier alpha value is 0.972. The van der Waals surface area contributed by atoms with E-state index in [0.29, 0.717) is 15.6 Å². The molecule has 0 aliphatic carbocycles. The van der Waals surface area contributed by atoms with E-state index >= 15 is 0 Å². The fourth-order valence-corrected chi connectivity index (χ4v) is 0. The quantitative estimate of drug-likeness (QED) is 0.265. The van der Waals surface area contributed by atoms with Crippen molar-refractivity contribution in [2.75, 3.05) is 0 Å². The van der Waals surface area contributed by atoms with Crippen LogP contribution in [0, 0.1) is 0 Å². The molecule has 1 aliphatic rings. The van der Waals surface area contributed by atoms with Crippen molar-refractivity contribution in [1.82, 2.24) is 0 Å². The van der Waals surface area contributed by atoms with Crippen molar-refractivity contribution in [3.63, 3.8) is 0 Å². The maximum atomic E-state index is 4.03. The molecule has 1 saturated heterocycles. The Bertz CT molecular complexity index is 10.8. The van der Waals surface area contributed by atoms with Crippen LogP contribution in [0.25, 0.3) is 0 Å². The van der Waals surface area contributed by atoms with Gasteiger partial charge in [-0.2, -0.15) is 0 Å². The first-order chi connectivity index (χ1) is 1.50. The standard InChI is InChI=1S/Cr.Mn.O2/c;;1-2/q;+2;-2. The summed E-state index contributed by atoms with van der Waals surface area (Å²) < 4.78 is 8.06. The Morgan fingerprint density at radius 1 is 1.25 bits per heavy atom. The van der Waals surface area contributed by atoms with Gasteiger partial charge in [-0.15, -0.1) is 0 Å². The zero-order chi connectivity index (χ0) is 2.12. The monoisotopic (exact) mass is 139 g/mol. The Morgan fingerprint density at radius 2 is 1.50 bits per heavy atom. The van der Waals surface area contributed by atoms with E-state index in [1.54, 1.807) is 0 Å². The first kappa shape index (κ1) is 4.97. The molecule has 25 valence electrons. The molecule has 1 fully saturated rings. The van der Waals surface area contributed by atoms with Gasteiger partial charge in [0, 0.05) is 17.4 Å². The summed E-state index contributed by atoms with van der Waals surface area (Å²) in [6.45, 7) is 0.